The number of methoxy groups -OCH3 is 1. The fourth-order valence-corrected chi connectivity index (χ4v) is 4.12. The topological polar surface area (TPSA) is 18.5 Å². The van der Waals surface area contributed by atoms with Crippen LogP contribution in [0.1, 0.15) is 20.8 Å². The van der Waals surface area contributed by atoms with Crippen molar-refractivity contribution in [1.82, 2.24) is 0 Å². The Morgan fingerprint density at radius 1 is 1.55 bits per heavy atom. The van der Waals surface area contributed by atoms with Crippen LogP contribution in [0.3, 0.4) is 0 Å². The van der Waals surface area contributed by atoms with E-state index in [0.717, 1.165) is 12.1 Å². The van der Waals surface area contributed by atoms with Gasteiger partial charge in [-0.05, 0) is 19.4 Å². The molecule has 2 atom stereocenters. The molecule has 0 bridgehead atoms. The molecule has 0 spiro atoms. The fourth-order valence-electron chi connectivity index (χ4n) is 1.74. The summed E-state index contributed by atoms with van der Waals surface area (Å²) in [6.45, 7) is 7.45. The van der Waals surface area contributed by atoms with Crippen molar-refractivity contribution >= 4 is 9.52 Å². The first kappa shape index (κ1) is 9.23. The van der Waals surface area contributed by atoms with Crippen LogP contribution in [0.2, 0.25) is 5.54 Å². The molecule has 11 heavy (non-hydrogen) atoms. The molecule has 0 amide bonds. The Balaban J connectivity index is 2.48. The van der Waals surface area contributed by atoms with E-state index < -0.39 is 0 Å². The molecular weight excluding hydrogens is 156 g/mol. The Bertz CT molecular complexity index is 136. The lowest BCUT2D eigenvalue weighted by Gasteiger charge is -2.38. The van der Waals surface area contributed by atoms with Crippen molar-refractivity contribution < 1.29 is 9.47 Å². The van der Waals surface area contributed by atoms with Crippen LogP contribution in [0, 0.1) is 0 Å². The Kier molecular flexibility index (Phi) is 2.73. The number of rotatable bonds is 1. The third-order valence-corrected chi connectivity index (χ3v) is 4.75. The monoisotopic (exact) mass is 174 g/mol. The van der Waals surface area contributed by atoms with Gasteiger partial charge in [-0.15, -0.1) is 0 Å². The van der Waals surface area contributed by atoms with Gasteiger partial charge >= 0.3 is 0 Å². The molecule has 0 aromatic carbocycles. The molecule has 0 N–H and O–H groups in total. The molecule has 0 aliphatic carbocycles. The number of ether oxygens (including phenoxy) is 2. The van der Waals surface area contributed by atoms with Crippen LogP contribution in [0.25, 0.3) is 0 Å². The summed E-state index contributed by atoms with van der Waals surface area (Å²) in [5, 5.41) is 0.189. The van der Waals surface area contributed by atoms with Crippen molar-refractivity contribution in [3.63, 3.8) is 0 Å². The zero-order valence-corrected chi connectivity index (χ0v) is 9.30. The van der Waals surface area contributed by atoms with Gasteiger partial charge in [-0.1, -0.05) is 6.92 Å². The molecule has 1 saturated heterocycles. The molecular formula is C8H18O2Si. The Hall–Kier alpha value is 0.137. The molecule has 0 radical (unpaired) electrons. The average molecular weight is 174 g/mol. The van der Waals surface area contributed by atoms with Crippen molar-refractivity contribution in [2.75, 3.05) is 13.7 Å². The van der Waals surface area contributed by atoms with Crippen molar-refractivity contribution in [3.8, 4) is 0 Å². The van der Waals surface area contributed by atoms with E-state index in [2.05, 4.69) is 20.8 Å². The van der Waals surface area contributed by atoms with Gasteiger partial charge in [0.25, 0.3) is 0 Å². The molecule has 1 fully saturated rings. The Morgan fingerprint density at radius 2 is 2.18 bits per heavy atom. The van der Waals surface area contributed by atoms with Crippen LogP contribution >= 0.6 is 0 Å². The van der Waals surface area contributed by atoms with E-state index in [1.165, 1.54) is 0 Å². The zero-order chi connectivity index (χ0) is 8.48. The van der Waals surface area contributed by atoms with Gasteiger partial charge in [0.2, 0.25) is 0 Å². The molecule has 1 rings (SSSR count). The lowest BCUT2D eigenvalue weighted by Crippen LogP contribution is -2.46. The first-order valence-electron chi connectivity index (χ1n) is 4.22. The average Bonchev–Trinajstić information content (AvgIpc) is 1.86. The molecule has 3 heteroatoms. The lowest BCUT2D eigenvalue weighted by molar-refractivity contribution is -0.0527. The van der Waals surface area contributed by atoms with Gasteiger partial charge in [0.05, 0.1) is 22.2 Å². The summed E-state index contributed by atoms with van der Waals surface area (Å²) in [6.07, 6.45) is 0.356. The highest BCUT2D eigenvalue weighted by Gasteiger charge is 2.33. The Morgan fingerprint density at radius 3 is 2.64 bits per heavy atom. The molecule has 1 heterocycles. The van der Waals surface area contributed by atoms with Gasteiger partial charge in [-0.2, -0.15) is 0 Å². The maximum absolute atomic E-state index is 5.68. The van der Waals surface area contributed by atoms with E-state index in [1.807, 2.05) is 0 Å². The summed E-state index contributed by atoms with van der Waals surface area (Å²) >= 11 is 0. The standard InChI is InChI=1S/C8H18O2Si/c1-6-7(9-4)5-10-8(2,3)11-6/h6-7H,5,11H2,1-4H3/t6-,7?/m0/s1. The van der Waals surface area contributed by atoms with Gasteiger partial charge in [0.15, 0.2) is 0 Å². The third kappa shape index (κ3) is 2.29. The maximum atomic E-state index is 5.68. The molecule has 1 aliphatic rings. The molecule has 1 aliphatic heterocycles. The van der Waals surface area contributed by atoms with E-state index >= 15 is 0 Å². The van der Waals surface area contributed by atoms with Crippen molar-refractivity contribution in [2.45, 2.75) is 37.6 Å². The molecule has 0 aromatic heterocycles. The second-order valence-corrected chi connectivity index (χ2v) is 7.43. The van der Waals surface area contributed by atoms with Crippen molar-refractivity contribution in [3.05, 3.63) is 0 Å². The highest BCUT2D eigenvalue weighted by atomic mass is 28.2. The van der Waals surface area contributed by atoms with Crippen molar-refractivity contribution in [1.29, 1.82) is 0 Å². The lowest BCUT2D eigenvalue weighted by atomic mass is 10.2. The van der Waals surface area contributed by atoms with Crippen LogP contribution in [0.4, 0.5) is 0 Å². The highest BCUT2D eigenvalue weighted by Crippen LogP contribution is 2.26. The van der Waals surface area contributed by atoms with Crippen LogP contribution in [0.5, 0.6) is 0 Å². The Labute approximate surface area is 71.1 Å². The van der Waals surface area contributed by atoms with Gasteiger partial charge in [0, 0.05) is 12.3 Å². The van der Waals surface area contributed by atoms with E-state index in [0.29, 0.717) is 6.10 Å². The van der Waals surface area contributed by atoms with Gasteiger partial charge in [-0.3, -0.25) is 0 Å². The normalized spacial score (nSPS) is 39.3. The summed E-state index contributed by atoms with van der Waals surface area (Å²) in [7, 11) is 1.63. The number of hydrogen-bond acceptors (Lipinski definition) is 2. The summed E-state index contributed by atoms with van der Waals surface area (Å²) in [5.74, 6) is 0. The SMILES string of the molecule is COC1COC(C)(C)[SiH2][C@H]1C. The molecule has 1 unspecified atom stereocenters. The van der Waals surface area contributed by atoms with E-state index in [4.69, 9.17) is 9.47 Å². The fraction of sp³-hybridized carbons (Fsp3) is 1.00. The minimum absolute atomic E-state index is 0.145. The van der Waals surface area contributed by atoms with Gasteiger partial charge < -0.3 is 9.47 Å². The number of hydrogen-bond donors (Lipinski definition) is 0. The largest absolute Gasteiger partial charge is 0.379 e. The smallest absolute Gasteiger partial charge is 0.0802 e. The van der Waals surface area contributed by atoms with Crippen LogP contribution in [-0.4, -0.2) is 34.6 Å². The predicted octanol–water partition coefficient (Wildman–Crippen LogP) is 0.745. The summed E-state index contributed by atoms with van der Waals surface area (Å²) in [6, 6.07) is 0. The third-order valence-electron chi connectivity index (χ3n) is 2.39. The maximum Gasteiger partial charge on any atom is 0.0802 e. The van der Waals surface area contributed by atoms with Gasteiger partial charge in [0.1, 0.15) is 0 Å². The van der Waals surface area contributed by atoms with E-state index in [-0.39, 0.29) is 14.7 Å². The second kappa shape index (κ2) is 3.25. The zero-order valence-electron chi connectivity index (χ0n) is 7.89. The molecule has 66 valence electrons. The summed E-state index contributed by atoms with van der Waals surface area (Å²) in [5.41, 5.74) is 0.753. The van der Waals surface area contributed by atoms with Gasteiger partial charge in [-0.25, -0.2) is 0 Å². The first-order valence-corrected chi connectivity index (χ1v) is 5.74. The second-order valence-electron chi connectivity index (χ2n) is 4.03. The highest BCUT2D eigenvalue weighted by molar-refractivity contribution is 6.41. The van der Waals surface area contributed by atoms with Crippen molar-refractivity contribution in [2.24, 2.45) is 0 Å². The first-order chi connectivity index (χ1) is 5.05. The van der Waals surface area contributed by atoms with E-state index in [9.17, 15) is 0 Å². The van der Waals surface area contributed by atoms with Crippen LogP contribution in [-0.2, 0) is 9.47 Å². The van der Waals surface area contributed by atoms with E-state index in [1.54, 1.807) is 7.11 Å². The minimum Gasteiger partial charge on any atom is -0.379 e. The van der Waals surface area contributed by atoms with Crippen LogP contribution < -0.4 is 0 Å². The summed E-state index contributed by atoms with van der Waals surface area (Å²) < 4.78 is 11.0. The molecule has 0 saturated carbocycles. The molecule has 2 nitrogen and oxygen atoms in total. The predicted molar refractivity (Wildman–Crippen MR) is 48.8 cm³/mol. The summed E-state index contributed by atoms with van der Waals surface area (Å²) in [4.78, 5) is 0. The molecule has 0 aromatic rings. The quantitative estimate of drug-likeness (QED) is 0.546. The minimum atomic E-state index is -0.145. The van der Waals surface area contributed by atoms with Crippen LogP contribution in [0.15, 0.2) is 0 Å².